The fourth-order valence-corrected chi connectivity index (χ4v) is 3.67. The third kappa shape index (κ3) is 4.14. The summed E-state index contributed by atoms with van der Waals surface area (Å²) in [7, 11) is 2.05. The molecule has 3 heterocycles. The Hall–Kier alpha value is -4.06. The first kappa shape index (κ1) is 18.9. The molecule has 152 valence electrons. The van der Waals surface area contributed by atoms with Crippen molar-refractivity contribution < 1.29 is 0 Å². The summed E-state index contributed by atoms with van der Waals surface area (Å²) in [6.45, 7) is 1.45. The monoisotopic (exact) mass is 406 g/mol. The minimum atomic E-state index is 0.674. The van der Waals surface area contributed by atoms with Crippen molar-refractivity contribution in [3.8, 4) is 11.4 Å². The van der Waals surface area contributed by atoms with Crippen LogP contribution in [0.2, 0.25) is 0 Å². The van der Waals surface area contributed by atoms with Crippen LogP contribution < -0.4 is 4.90 Å². The summed E-state index contributed by atoms with van der Waals surface area (Å²) in [6.07, 6.45) is 7.56. The first-order valence-corrected chi connectivity index (χ1v) is 10.2. The Morgan fingerprint density at radius 2 is 1.68 bits per heavy atom. The second kappa shape index (κ2) is 8.36. The summed E-state index contributed by atoms with van der Waals surface area (Å²) in [5.41, 5.74) is 4.18. The zero-order chi connectivity index (χ0) is 21.0. The molecule has 0 saturated heterocycles. The van der Waals surface area contributed by atoms with Gasteiger partial charge in [0.15, 0.2) is 5.82 Å². The van der Waals surface area contributed by atoms with Gasteiger partial charge in [0.25, 0.3) is 0 Å². The van der Waals surface area contributed by atoms with Gasteiger partial charge in [-0.2, -0.15) is 5.10 Å². The molecule has 31 heavy (non-hydrogen) atoms. The molecule has 5 aromatic rings. The van der Waals surface area contributed by atoms with E-state index in [0.717, 1.165) is 34.4 Å². The van der Waals surface area contributed by atoms with Crippen molar-refractivity contribution >= 4 is 16.7 Å². The van der Waals surface area contributed by atoms with Crippen molar-refractivity contribution in [1.29, 1.82) is 0 Å². The van der Waals surface area contributed by atoms with E-state index in [0.29, 0.717) is 12.4 Å². The molecule has 0 fully saturated rings. The number of benzene rings is 2. The van der Waals surface area contributed by atoms with E-state index >= 15 is 0 Å². The molecule has 0 bridgehead atoms. The fraction of sp³-hybridized carbons (Fsp3) is 0.120. The minimum Gasteiger partial charge on any atom is -0.355 e. The van der Waals surface area contributed by atoms with E-state index in [4.69, 9.17) is 9.97 Å². The van der Waals surface area contributed by atoms with Crippen LogP contribution in [0, 0.1) is 0 Å². The molecule has 3 aromatic heterocycles. The number of anilines is 1. The number of fused-ring (bicyclic) bond motifs is 1. The van der Waals surface area contributed by atoms with Gasteiger partial charge < -0.3 is 4.90 Å². The van der Waals surface area contributed by atoms with Gasteiger partial charge in [0.1, 0.15) is 5.82 Å². The van der Waals surface area contributed by atoms with Crippen molar-refractivity contribution in [2.24, 2.45) is 0 Å². The first-order chi connectivity index (χ1) is 15.3. The third-order valence-corrected chi connectivity index (χ3v) is 5.16. The molecule has 6 nitrogen and oxygen atoms in total. The van der Waals surface area contributed by atoms with Crippen LogP contribution in [0.1, 0.15) is 11.1 Å². The zero-order valence-electron chi connectivity index (χ0n) is 17.3. The zero-order valence-corrected chi connectivity index (χ0v) is 17.3. The molecule has 0 aliphatic heterocycles. The summed E-state index contributed by atoms with van der Waals surface area (Å²) in [5.74, 6) is 1.56. The van der Waals surface area contributed by atoms with Crippen LogP contribution >= 0.6 is 0 Å². The number of pyridine rings is 1. The summed E-state index contributed by atoms with van der Waals surface area (Å²) in [6, 6.07) is 22.3. The largest absolute Gasteiger partial charge is 0.355 e. The van der Waals surface area contributed by atoms with Crippen LogP contribution in [-0.4, -0.2) is 31.8 Å². The summed E-state index contributed by atoms with van der Waals surface area (Å²) in [4.78, 5) is 16.0. The van der Waals surface area contributed by atoms with E-state index in [9.17, 15) is 0 Å². The first-order valence-electron chi connectivity index (χ1n) is 10.2. The van der Waals surface area contributed by atoms with Gasteiger partial charge in [0.2, 0.25) is 0 Å². The lowest BCUT2D eigenvalue weighted by Crippen LogP contribution is -2.18. The molecule has 0 radical (unpaired) electrons. The highest BCUT2D eigenvalue weighted by atomic mass is 15.3. The van der Waals surface area contributed by atoms with Crippen molar-refractivity contribution in [3.05, 3.63) is 103 Å². The van der Waals surface area contributed by atoms with Crippen LogP contribution in [0.5, 0.6) is 0 Å². The van der Waals surface area contributed by atoms with E-state index in [1.165, 1.54) is 5.56 Å². The SMILES string of the molecule is CN(Cc1cnn(Cc2ccccc2)c1)c1nc(-c2cccnc2)nc2ccccc12. The standard InChI is InChI=1S/C25H22N6/c1-30(16-20-14-27-31(18-20)17-19-8-3-2-4-9-19)25-22-11-5-6-12-23(22)28-24(29-25)21-10-7-13-26-15-21/h2-15,18H,16-17H2,1H3. The lowest BCUT2D eigenvalue weighted by molar-refractivity contribution is 0.686. The second-order valence-corrected chi connectivity index (χ2v) is 7.52. The normalized spacial score (nSPS) is 11.0. The van der Waals surface area contributed by atoms with Gasteiger partial charge >= 0.3 is 0 Å². The third-order valence-electron chi connectivity index (χ3n) is 5.16. The fourth-order valence-electron chi connectivity index (χ4n) is 3.67. The van der Waals surface area contributed by atoms with Gasteiger partial charge in [-0.3, -0.25) is 9.67 Å². The molecule has 0 atom stereocenters. The van der Waals surface area contributed by atoms with Crippen LogP contribution in [0.4, 0.5) is 5.82 Å². The van der Waals surface area contributed by atoms with E-state index in [1.54, 1.807) is 12.4 Å². The van der Waals surface area contributed by atoms with Gasteiger partial charge in [-0.15, -0.1) is 0 Å². The average molecular weight is 406 g/mol. The Kier molecular flexibility index (Phi) is 5.10. The summed E-state index contributed by atoms with van der Waals surface area (Å²) in [5, 5.41) is 5.56. The van der Waals surface area contributed by atoms with Crippen LogP contribution in [0.3, 0.4) is 0 Å². The van der Waals surface area contributed by atoms with Crippen molar-refractivity contribution in [2.45, 2.75) is 13.1 Å². The highest BCUT2D eigenvalue weighted by Gasteiger charge is 2.14. The van der Waals surface area contributed by atoms with Crippen molar-refractivity contribution in [3.63, 3.8) is 0 Å². The van der Waals surface area contributed by atoms with Gasteiger partial charge in [-0.05, 0) is 29.8 Å². The number of hydrogen-bond donors (Lipinski definition) is 0. The van der Waals surface area contributed by atoms with Crippen LogP contribution in [0.15, 0.2) is 91.5 Å². The molecule has 0 spiro atoms. The Labute approximate surface area is 180 Å². The molecule has 0 N–H and O–H groups in total. The number of nitrogens with zero attached hydrogens (tertiary/aromatic N) is 6. The van der Waals surface area contributed by atoms with E-state index in [-0.39, 0.29) is 0 Å². The maximum Gasteiger partial charge on any atom is 0.163 e. The summed E-state index contributed by atoms with van der Waals surface area (Å²) >= 11 is 0. The number of hydrogen-bond acceptors (Lipinski definition) is 5. The second-order valence-electron chi connectivity index (χ2n) is 7.52. The van der Waals surface area contributed by atoms with Gasteiger partial charge in [0.05, 0.1) is 18.3 Å². The van der Waals surface area contributed by atoms with Crippen molar-refractivity contribution in [1.82, 2.24) is 24.7 Å². The van der Waals surface area contributed by atoms with Gasteiger partial charge in [-0.1, -0.05) is 42.5 Å². The highest BCUT2D eigenvalue weighted by molar-refractivity contribution is 5.90. The maximum atomic E-state index is 4.89. The smallest absolute Gasteiger partial charge is 0.163 e. The van der Waals surface area contributed by atoms with Crippen LogP contribution in [-0.2, 0) is 13.1 Å². The Morgan fingerprint density at radius 1 is 0.839 bits per heavy atom. The molecule has 0 aliphatic rings. The number of para-hydroxylation sites is 1. The molecule has 5 rings (SSSR count). The van der Waals surface area contributed by atoms with Crippen molar-refractivity contribution in [2.75, 3.05) is 11.9 Å². The quantitative estimate of drug-likeness (QED) is 0.413. The Bertz CT molecular complexity index is 1300. The molecule has 6 heteroatoms. The summed E-state index contributed by atoms with van der Waals surface area (Å²) < 4.78 is 1.97. The van der Waals surface area contributed by atoms with Crippen LogP contribution in [0.25, 0.3) is 22.3 Å². The minimum absolute atomic E-state index is 0.674. The lowest BCUT2D eigenvalue weighted by Gasteiger charge is -2.20. The topological polar surface area (TPSA) is 59.7 Å². The lowest BCUT2D eigenvalue weighted by atomic mass is 10.2. The van der Waals surface area contributed by atoms with E-state index in [1.807, 2.05) is 59.4 Å². The predicted molar refractivity (Wildman–Crippen MR) is 123 cm³/mol. The van der Waals surface area contributed by atoms with E-state index < -0.39 is 0 Å². The molecule has 0 aliphatic carbocycles. The highest BCUT2D eigenvalue weighted by Crippen LogP contribution is 2.27. The molecule has 2 aromatic carbocycles. The molecular formula is C25H22N6. The predicted octanol–water partition coefficient (Wildman–Crippen LogP) is 4.57. The maximum absolute atomic E-state index is 4.89. The Morgan fingerprint density at radius 3 is 2.52 bits per heavy atom. The molecular weight excluding hydrogens is 384 g/mol. The van der Waals surface area contributed by atoms with Gasteiger partial charge in [0, 0.05) is 48.7 Å². The van der Waals surface area contributed by atoms with Gasteiger partial charge in [-0.25, -0.2) is 9.97 Å². The Balaban J connectivity index is 1.44. The number of aromatic nitrogens is 5. The molecule has 0 saturated carbocycles. The average Bonchev–Trinajstić information content (AvgIpc) is 3.26. The number of rotatable bonds is 6. The van der Waals surface area contributed by atoms with E-state index in [2.05, 4.69) is 46.4 Å². The molecule has 0 amide bonds. The molecule has 0 unspecified atom stereocenters.